The number of hydrogen-bond acceptors (Lipinski definition) is 7. The Morgan fingerprint density at radius 1 is 1.06 bits per heavy atom. The smallest absolute Gasteiger partial charge is 0.194 e. The van der Waals surface area contributed by atoms with Crippen LogP contribution in [0.3, 0.4) is 0 Å². The van der Waals surface area contributed by atoms with Crippen LogP contribution in [0.15, 0.2) is 41.4 Å². The van der Waals surface area contributed by atoms with Crippen LogP contribution in [0, 0.1) is 31.3 Å². The lowest BCUT2D eigenvalue weighted by Crippen LogP contribution is -2.55. The van der Waals surface area contributed by atoms with Crippen LogP contribution in [0.1, 0.15) is 17.2 Å². The molecule has 0 aliphatic carbocycles. The second-order valence-electron chi connectivity index (χ2n) is 7.87. The first kappa shape index (κ1) is 23.7. The van der Waals surface area contributed by atoms with Crippen LogP contribution < -0.4 is 0 Å². The van der Waals surface area contributed by atoms with Crippen LogP contribution in [-0.4, -0.2) is 60.7 Å². The van der Waals surface area contributed by atoms with Gasteiger partial charge in [0.15, 0.2) is 17.5 Å². The molecule has 4 rings (SSSR count). The average molecular weight is 481 g/mol. The van der Waals surface area contributed by atoms with Crippen molar-refractivity contribution in [1.82, 2.24) is 15.0 Å². The fourth-order valence-corrected chi connectivity index (χ4v) is 5.08. The number of rotatable bonds is 5. The van der Waals surface area contributed by atoms with E-state index in [2.05, 4.69) is 10.3 Å². The zero-order valence-corrected chi connectivity index (χ0v) is 18.5. The third-order valence-corrected chi connectivity index (χ3v) is 7.09. The van der Waals surface area contributed by atoms with Gasteiger partial charge in [0.2, 0.25) is 0 Å². The molecule has 2 aromatic carbocycles. The zero-order valence-electron chi connectivity index (χ0n) is 17.7. The number of thioether (sulfide) groups is 1. The number of benzene rings is 2. The van der Waals surface area contributed by atoms with Crippen molar-refractivity contribution in [2.45, 2.75) is 48.5 Å². The van der Waals surface area contributed by atoms with Crippen molar-refractivity contribution >= 4 is 11.8 Å². The number of aliphatic hydroxyl groups is 3. The summed E-state index contributed by atoms with van der Waals surface area (Å²) < 4.78 is 47.5. The number of halogens is 3. The number of aromatic nitrogens is 3. The van der Waals surface area contributed by atoms with Crippen molar-refractivity contribution in [3.63, 3.8) is 0 Å². The Balaban J connectivity index is 1.66. The zero-order chi connectivity index (χ0) is 23.9. The highest BCUT2D eigenvalue weighted by Gasteiger charge is 2.46. The van der Waals surface area contributed by atoms with Gasteiger partial charge in [0.05, 0.1) is 12.8 Å². The van der Waals surface area contributed by atoms with E-state index in [1.165, 1.54) is 18.0 Å². The summed E-state index contributed by atoms with van der Waals surface area (Å²) in [6, 6.07) is 6.23. The maximum absolute atomic E-state index is 13.6. The van der Waals surface area contributed by atoms with Gasteiger partial charge in [-0.05, 0) is 37.1 Å². The van der Waals surface area contributed by atoms with Crippen LogP contribution in [0.5, 0.6) is 0 Å². The highest BCUT2D eigenvalue weighted by Crippen LogP contribution is 2.40. The van der Waals surface area contributed by atoms with Crippen molar-refractivity contribution in [2.24, 2.45) is 0 Å². The van der Waals surface area contributed by atoms with Gasteiger partial charge in [0.25, 0.3) is 0 Å². The fourth-order valence-electron chi connectivity index (χ4n) is 3.84. The predicted molar refractivity (Wildman–Crippen MR) is 114 cm³/mol. The molecule has 0 saturated carbocycles. The highest BCUT2D eigenvalue weighted by molar-refractivity contribution is 8.00. The number of hydrogen-bond donors (Lipinski definition) is 3. The average Bonchev–Trinajstić information content (AvgIpc) is 3.25. The molecule has 1 saturated heterocycles. The summed E-state index contributed by atoms with van der Waals surface area (Å²) in [5.74, 6) is -4.36. The molecule has 7 nitrogen and oxygen atoms in total. The van der Waals surface area contributed by atoms with Gasteiger partial charge in [0.1, 0.15) is 35.5 Å². The topological polar surface area (TPSA) is 101 Å². The Morgan fingerprint density at radius 2 is 1.70 bits per heavy atom. The third-order valence-electron chi connectivity index (χ3n) is 5.59. The molecule has 1 aliphatic rings. The lowest BCUT2D eigenvalue weighted by molar-refractivity contribution is -0.178. The third kappa shape index (κ3) is 4.51. The minimum atomic E-state index is -1.60. The van der Waals surface area contributed by atoms with E-state index in [0.29, 0.717) is 0 Å². The van der Waals surface area contributed by atoms with Gasteiger partial charge in [-0.3, -0.25) is 0 Å². The number of ether oxygens (including phenoxy) is 1. The van der Waals surface area contributed by atoms with Crippen LogP contribution in [0.25, 0.3) is 11.3 Å². The summed E-state index contributed by atoms with van der Waals surface area (Å²) in [6.07, 6.45) is -2.36. The van der Waals surface area contributed by atoms with Crippen LogP contribution in [0.2, 0.25) is 0 Å². The SMILES string of the molecule is Cc1cccc(C)c1SC1OC(CO)C(O)C(n2cc(-c3cc(F)c(F)c(F)c3)nn2)C1O. The number of aryl methyl sites for hydroxylation is 2. The van der Waals surface area contributed by atoms with Gasteiger partial charge in [-0.15, -0.1) is 5.10 Å². The number of aliphatic hydroxyl groups excluding tert-OH is 3. The van der Waals surface area contributed by atoms with E-state index in [1.54, 1.807) is 0 Å². The summed E-state index contributed by atoms with van der Waals surface area (Å²) in [5.41, 5.74) is 1.04. The van der Waals surface area contributed by atoms with Crippen molar-refractivity contribution in [1.29, 1.82) is 0 Å². The van der Waals surface area contributed by atoms with Gasteiger partial charge < -0.3 is 20.1 Å². The summed E-state index contributed by atoms with van der Waals surface area (Å²) in [7, 11) is 0. The molecule has 1 aromatic heterocycles. The molecule has 2 heterocycles. The van der Waals surface area contributed by atoms with E-state index in [9.17, 15) is 28.5 Å². The van der Waals surface area contributed by atoms with Gasteiger partial charge in [0, 0.05) is 10.5 Å². The molecule has 3 aromatic rings. The largest absolute Gasteiger partial charge is 0.394 e. The van der Waals surface area contributed by atoms with Gasteiger partial charge in [-0.1, -0.05) is 35.2 Å². The van der Waals surface area contributed by atoms with Crippen molar-refractivity contribution in [3.8, 4) is 11.3 Å². The van der Waals surface area contributed by atoms with E-state index in [0.717, 1.165) is 32.8 Å². The molecule has 0 bridgehead atoms. The summed E-state index contributed by atoms with van der Waals surface area (Å²) in [5, 5.41) is 39.3. The Hall–Kier alpha value is -2.44. The van der Waals surface area contributed by atoms with Gasteiger partial charge in [-0.2, -0.15) is 0 Å². The van der Waals surface area contributed by atoms with Crippen LogP contribution >= 0.6 is 11.8 Å². The normalized spacial score (nSPS) is 25.4. The standard InChI is InChI=1S/C22H22F3N3O4S/c1-10-4-3-5-11(2)21(10)33-22-20(31)18(19(30)16(9-29)32-22)28-8-15(26-27-28)12-6-13(23)17(25)14(24)7-12/h3-8,16,18-20,22,29-31H,9H2,1-2H3. The molecular weight excluding hydrogens is 459 g/mol. The summed E-state index contributed by atoms with van der Waals surface area (Å²) in [6.45, 7) is 3.33. The van der Waals surface area contributed by atoms with Gasteiger partial charge >= 0.3 is 0 Å². The van der Waals surface area contributed by atoms with Crippen molar-refractivity contribution in [3.05, 3.63) is 65.1 Å². The summed E-state index contributed by atoms with van der Waals surface area (Å²) in [4.78, 5) is 0.893. The molecular formula is C22H22F3N3O4S. The Bertz CT molecular complexity index is 1120. The van der Waals surface area contributed by atoms with E-state index in [-0.39, 0.29) is 11.3 Å². The molecule has 1 aliphatic heterocycles. The molecule has 5 unspecified atom stereocenters. The van der Waals surface area contributed by atoms with Crippen molar-refractivity contribution in [2.75, 3.05) is 6.61 Å². The Labute approximate surface area is 191 Å². The minimum Gasteiger partial charge on any atom is -0.394 e. The van der Waals surface area contributed by atoms with Gasteiger partial charge in [-0.25, -0.2) is 17.9 Å². The van der Waals surface area contributed by atoms with E-state index in [4.69, 9.17) is 4.74 Å². The van der Waals surface area contributed by atoms with E-state index < -0.39 is 53.8 Å². The van der Waals surface area contributed by atoms with E-state index in [1.807, 2.05) is 32.0 Å². The molecule has 0 amide bonds. The first-order valence-electron chi connectivity index (χ1n) is 10.1. The predicted octanol–water partition coefficient (Wildman–Crippen LogP) is 2.75. The second-order valence-corrected chi connectivity index (χ2v) is 8.98. The van der Waals surface area contributed by atoms with E-state index >= 15 is 0 Å². The lowest BCUT2D eigenvalue weighted by atomic mass is 9.97. The first-order valence-corrected chi connectivity index (χ1v) is 11.0. The molecule has 33 heavy (non-hydrogen) atoms. The monoisotopic (exact) mass is 481 g/mol. The lowest BCUT2D eigenvalue weighted by Gasteiger charge is -2.42. The Morgan fingerprint density at radius 3 is 2.30 bits per heavy atom. The van der Waals surface area contributed by atoms with Crippen molar-refractivity contribution < 1.29 is 33.2 Å². The first-order chi connectivity index (χ1) is 15.7. The second kappa shape index (κ2) is 9.43. The number of nitrogens with zero attached hydrogens (tertiary/aromatic N) is 3. The quantitative estimate of drug-likeness (QED) is 0.482. The molecule has 11 heteroatoms. The highest BCUT2D eigenvalue weighted by atomic mass is 32.2. The molecule has 0 radical (unpaired) electrons. The molecule has 0 spiro atoms. The van der Waals surface area contributed by atoms with Crippen LogP contribution in [-0.2, 0) is 4.74 Å². The molecule has 176 valence electrons. The fraction of sp³-hybridized carbons (Fsp3) is 0.364. The molecule has 1 fully saturated rings. The van der Waals surface area contributed by atoms with Crippen LogP contribution in [0.4, 0.5) is 13.2 Å². The Kier molecular flexibility index (Phi) is 6.78. The minimum absolute atomic E-state index is 0.0122. The summed E-state index contributed by atoms with van der Waals surface area (Å²) >= 11 is 1.26. The maximum atomic E-state index is 13.6. The maximum Gasteiger partial charge on any atom is 0.194 e. The molecule has 3 N–H and O–H groups in total. The molecule has 5 atom stereocenters.